The Balaban J connectivity index is 0.000000210. The van der Waals surface area contributed by atoms with Crippen LogP contribution in [0, 0.1) is 102 Å². The molecule has 12 rings (SSSR count). The van der Waals surface area contributed by atoms with E-state index in [4.69, 9.17) is 26.7 Å². The molecule has 3 saturated heterocycles. The predicted molar refractivity (Wildman–Crippen MR) is 506 cm³/mol. The minimum absolute atomic E-state index is 0.0417. The quantitative estimate of drug-likeness (QED) is 0.0227. The molecular weight excluding hydrogens is 1730 g/mol. The minimum Gasteiger partial charge on any atom is -0.463 e. The number of fused-ring (bicyclic) bond motifs is 3. The fourth-order valence-corrected chi connectivity index (χ4v) is 22.0. The number of esters is 1. The SMILES string of the molecule is CC(C)(C)C(=O)OC[C@@H](NC(=O)N[C@H](C(=O)N1C[C@H]2[C@@H]([C@H]1C(=O)NC(CC1CC1)C(=O)C(N)=O)C2(C)C)C(C)(C)C)C(C)(C)C.CC(C)(C)[C@H](NC(=O)NC1(C(O)Cc2ccccc2)CCCCC1)C(=O)N1C[C@H]2[C@@H]([C@H]1C(=O)NC(CC1CC1)C(=O)C(N)=O)C2(C)C.COC[C@@H](NC(=O)N[C@H](C(=O)N1CC2C([C@H]1C(=O)NC(CC1CCC1)C(=O)C(N)=O)C2(C)C)C1(C)CCCC1)C(C)(C)C. The lowest BCUT2D eigenvalue weighted by atomic mass is 9.76. The summed E-state index contributed by atoms with van der Waals surface area (Å²) in [6.45, 7) is 43.9. The van der Waals surface area contributed by atoms with Crippen LogP contribution < -0.4 is 65.1 Å². The normalized spacial score (nSPS) is 26.1. The van der Waals surface area contributed by atoms with Gasteiger partial charge in [-0.1, -0.05) is 239 Å². The summed E-state index contributed by atoms with van der Waals surface area (Å²) < 4.78 is 10.9. The van der Waals surface area contributed by atoms with Crippen molar-refractivity contribution >= 4 is 94.6 Å². The molecule has 0 spiro atoms. The van der Waals surface area contributed by atoms with E-state index < -0.39 is 182 Å². The molecule has 11 fully saturated rings. The third-order valence-corrected chi connectivity index (χ3v) is 32.0. The first-order chi connectivity index (χ1) is 62.4. The number of carbonyl (C=O) groups excluding carboxylic acids is 16. The third-order valence-electron chi connectivity index (χ3n) is 32.0. The first-order valence-corrected chi connectivity index (χ1v) is 49.4. The molecule has 0 radical (unpaired) electrons. The highest BCUT2D eigenvalue weighted by atomic mass is 16.5. The number of likely N-dealkylation sites (tertiary alicyclic amines) is 3. The van der Waals surface area contributed by atoms with E-state index >= 15 is 0 Å². The lowest BCUT2D eigenvalue weighted by Gasteiger charge is -2.43. The van der Waals surface area contributed by atoms with Crippen LogP contribution in [-0.2, 0) is 78.2 Å². The molecule has 3 heterocycles. The van der Waals surface area contributed by atoms with Crippen LogP contribution >= 0.6 is 0 Å². The predicted octanol–water partition coefficient (Wildman–Crippen LogP) is 7.86. The van der Waals surface area contributed by atoms with Gasteiger partial charge in [0.05, 0.1) is 53.9 Å². The Bertz CT molecular complexity index is 4570. The monoisotopic (exact) mass is 1890 g/mol. The number of ether oxygens (including phenoxy) is 2. The molecular formula is C101H161N15O19. The van der Waals surface area contributed by atoms with Gasteiger partial charge in [-0.15, -0.1) is 0 Å². The van der Waals surface area contributed by atoms with Gasteiger partial charge in [-0.2, -0.15) is 0 Å². The summed E-state index contributed by atoms with van der Waals surface area (Å²) in [4.78, 5) is 216. The second-order valence-electron chi connectivity index (χ2n) is 48.7. The van der Waals surface area contributed by atoms with Crippen molar-refractivity contribution in [2.75, 3.05) is 40.0 Å². The van der Waals surface area contributed by atoms with E-state index in [2.05, 4.69) is 75.5 Å². The number of aliphatic hydroxyl groups excluding tert-OH is 1. The van der Waals surface area contributed by atoms with Crippen LogP contribution in [0.4, 0.5) is 14.4 Å². The van der Waals surface area contributed by atoms with Gasteiger partial charge in [0.2, 0.25) is 52.8 Å². The zero-order chi connectivity index (χ0) is 101. The van der Waals surface area contributed by atoms with Gasteiger partial charge in [-0.05, 0) is 168 Å². The largest absolute Gasteiger partial charge is 0.463 e. The first kappa shape index (κ1) is 108. The average molecular weight is 1890 g/mol. The summed E-state index contributed by atoms with van der Waals surface area (Å²) in [5, 5.41) is 37.7. The van der Waals surface area contributed by atoms with Crippen LogP contribution in [0.3, 0.4) is 0 Å². The van der Waals surface area contributed by atoms with Crippen molar-refractivity contribution in [3.8, 4) is 0 Å². The number of methoxy groups -OCH3 is 1. The molecule has 16 N–H and O–H groups in total. The number of benzene rings is 1. The number of nitrogens with two attached hydrogens (primary N) is 3. The van der Waals surface area contributed by atoms with Crippen LogP contribution in [0.2, 0.25) is 0 Å². The zero-order valence-corrected chi connectivity index (χ0v) is 84.6. The van der Waals surface area contributed by atoms with Gasteiger partial charge < -0.3 is 94.3 Å². The summed E-state index contributed by atoms with van der Waals surface area (Å²) in [5.41, 5.74) is 12.2. The van der Waals surface area contributed by atoms with E-state index in [9.17, 15) is 81.8 Å². The topological polar surface area (TPSA) is 508 Å². The van der Waals surface area contributed by atoms with Gasteiger partial charge in [0.25, 0.3) is 17.7 Å². The number of nitrogens with zero attached hydrogens (tertiary/aromatic N) is 3. The minimum atomic E-state index is -1.10. The summed E-state index contributed by atoms with van der Waals surface area (Å²) in [6, 6.07) is -1.10. The Hall–Kier alpha value is -9.34. The van der Waals surface area contributed by atoms with Crippen LogP contribution in [-0.4, -0.2) is 232 Å². The van der Waals surface area contributed by atoms with Crippen molar-refractivity contribution in [3.05, 3.63) is 35.9 Å². The molecule has 15 amide bonds. The number of piperidine rings is 3. The molecule has 8 aliphatic carbocycles. The van der Waals surface area contributed by atoms with Gasteiger partial charge in [-0.3, -0.25) is 62.3 Å². The molecule has 1 aromatic carbocycles. The zero-order valence-electron chi connectivity index (χ0n) is 84.6. The van der Waals surface area contributed by atoms with Crippen LogP contribution in [0.15, 0.2) is 30.3 Å². The maximum atomic E-state index is 14.5. The molecule has 3 aliphatic heterocycles. The Kier molecular flexibility index (Phi) is 33.0. The van der Waals surface area contributed by atoms with Crippen molar-refractivity contribution in [1.82, 2.24) is 62.6 Å². The van der Waals surface area contributed by atoms with Crippen molar-refractivity contribution in [2.45, 2.75) is 359 Å². The molecule has 34 nitrogen and oxygen atoms in total. The van der Waals surface area contributed by atoms with Crippen LogP contribution in [0.25, 0.3) is 0 Å². The number of rotatable bonds is 35. The smallest absolute Gasteiger partial charge is 0.315 e. The second-order valence-corrected chi connectivity index (χ2v) is 48.7. The molecule has 135 heavy (non-hydrogen) atoms. The Morgan fingerprint density at radius 3 is 1.10 bits per heavy atom. The van der Waals surface area contributed by atoms with Crippen molar-refractivity contribution in [2.24, 2.45) is 119 Å². The number of primary amides is 3. The number of nitrogens with one attached hydrogen (secondary N) is 9. The van der Waals surface area contributed by atoms with Gasteiger partial charge in [0.1, 0.15) is 42.9 Å². The molecule has 0 bridgehead atoms. The standard InChI is InChI=1S/C36H53N5O6.C33H55N5O7.C32H53N5O6/c1-34(2,3)29(39-33(47)40-36(16-10-7-11-17-36)25(42)19-21-12-8-6-9-13-21)32(46)41-20-23-26(35(23,4)5)27(41)31(45)38-24(18-22-14-15-22)28(43)30(37)44;1-30(2,3)20(16-45-28(43)32(7,8)9)36-29(44)37-24(31(4,5)6)27(42)38-15-18-21(33(18,10)11)22(38)26(41)35-19(14-17-12-13-17)23(39)25(34)40;1-30(2,3)21(17-43-7)35-29(42)36-25(32(6)13-8-9-14-32)28(41)37-16-19-22(31(19,4)5)23(37)27(40)34-20(24(38)26(33)39)15-18-11-10-12-18/h6,8-9,12-13,22-27,29,42H,7,10-11,14-20H2,1-5H3,(H2,37,44)(H,38,45)(H2,39,40,47);17-22,24H,12-16H2,1-11H3,(H2,34,40)(H,35,41)(H2,36,37,44);18-23,25H,8-17H2,1-7H3,(H2,33,39)(H,34,40)(H2,35,36,42)/t23-,24?,25?,26-,27-,29+;18-,19?,20+,21-,22-,24+;19?,20?,21-,22?,23+,25-/m001/s1. The van der Waals surface area contributed by atoms with Crippen molar-refractivity contribution in [1.29, 1.82) is 0 Å². The fourth-order valence-electron chi connectivity index (χ4n) is 22.0. The maximum Gasteiger partial charge on any atom is 0.315 e. The van der Waals surface area contributed by atoms with Crippen LogP contribution in [0.1, 0.15) is 280 Å². The van der Waals surface area contributed by atoms with Gasteiger partial charge in [0.15, 0.2) is 0 Å². The third kappa shape index (κ3) is 25.6. The first-order valence-electron chi connectivity index (χ1n) is 49.4. The van der Waals surface area contributed by atoms with E-state index in [1.165, 1.54) is 4.90 Å². The number of hydrogen-bond acceptors (Lipinski definition) is 19. The fraction of sp³-hybridized carbons (Fsp3) is 0.782. The Morgan fingerprint density at radius 1 is 0.422 bits per heavy atom. The van der Waals surface area contributed by atoms with Crippen molar-refractivity contribution < 1.29 is 91.3 Å². The number of urea groups is 3. The van der Waals surface area contributed by atoms with E-state index in [1.54, 1.807) is 37.7 Å². The highest BCUT2D eigenvalue weighted by molar-refractivity contribution is 6.39. The highest BCUT2D eigenvalue weighted by Crippen LogP contribution is 2.67. The molecule has 6 unspecified atom stereocenters. The van der Waals surface area contributed by atoms with E-state index in [0.717, 1.165) is 95.5 Å². The number of amides is 15. The van der Waals surface area contributed by atoms with E-state index in [0.29, 0.717) is 64.8 Å². The Labute approximate surface area is 798 Å². The number of carbonyl (C=O) groups is 16. The number of ketones is 3. The van der Waals surface area contributed by atoms with Crippen molar-refractivity contribution in [3.63, 3.8) is 0 Å². The highest BCUT2D eigenvalue weighted by Gasteiger charge is 2.73. The van der Waals surface area contributed by atoms with Gasteiger partial charge >= 0.3 is 24.1 Å². The molecule has 754 valence electrons. The molecule has 8 saturated carbocycles. The molecule has 18 atom stereocenters. The summed E-state index contributed by atoms with van der Waals surface area (Å²) in [6.07, 6.45) is 14.7. The lowest BCUT2D eigenvalue weighted by Crippen LogP contribution is -2.65. The summed E-state index contributed by atoms with van der Waals surface area (Å²) in [5.74, 6) is -7.89. The van der Waals surface area contributed by atoms with E-state index in [1.807, 2.05) is 134 Å². The van der Waals surface area contributed by atoms with Gasteiger partial charge in [0, 0.05) is 33.2 Å². The number of Topliss-reactive ketones (excluding diaryl/α,β-unsaturated/α-hetero) is 3. The average Bonchev–Trinajstić information content (AvgIpc) is 1.53. The molecule has 34 heteroatoms. The van der Waals surface area contributed by atoms with E-state index in [-0.39, 0.29) is 99.4 Å². The molecule has 11 aliphatic rings. The summed E-state index contributed by atoms with van der Waals surface area (Å²) >= 11 is 0. The molecule has 1 aromatic rings. The number of aliphatic hydroxyl groups is 1. The number of hydrogen-bond donors (Lipinski definition) is 13. The Morgan fingerprint density at radius 2 is 0.770 bits per heavy atom. The maximum absolute atomic E-state index is 14.5. The lowest BCUT2D eigenvalue weighted by molar-refractivity contribution is -0.154. The van der Waals surface area contributed by atoms with Gasteiger partial charge in [-0.25, -0.2) is 14.4 Å². The second kappa shape index (κ2) is 41.4. The van der Waals surface area contributed by atoms with Crippen LogP contribution in [0.5, 0.6) is 0 Å². The summed E-state index contributed by atoms with van der Waals surface area (Å²) in [7, 11) is 1.59. The molecule has 0 aromatic heterocycles.